The zero-order valence-corrected chi connectivity index (χ0v) is 18.5. The van der Waals surface area contributed by atoms with Gasteiger partial charge in [0.25, 0.3) is 0 Å². The molecule has 4 N–H and O–H groups in total. The number of rotatable bonds is 6. The van der Waals surface area contributed by atoms with Gasteiger partial charge in [0.2, 0.25) is 5.91 Å². The Hall–Kier alpha value is -2.42. The molecule has 0 bridgehead atoms. The maximum absolute atomic E-state index is 12.9. The number of carbonyl (C=O) groups excluding carboxylic acids is 1. The van der Waals surface area contributed by atoms with Gasteiger partial charge in [-0.1, -0.05) is 36.4 Å². The highest BCUT2D eigenvalue weighted by atomic mass is 32.2. The molecule has 0 saturated carbocycles. The summed E-state index contributed by atoms with van der Waals surface area (Å²) in [5, 5.41) is 2.90. The molecule has 1 amide bonds. The largest absolute Gasteiger partial charge is 0.324 e. The minimum Gasteiger partial charge on any atom is -0.324 e. The van der Waals surface area contributed by atoms with Crippen molar-refractivity contribution in [2.45, 2.75) is 51.6 Å². The van der Waals surface area contributed by atoms with E-state index >= 15 is 0 Å². The zero-order valence-electron chi connectivity index (χ0n) is 17.7. The van der Waals surface area contributed by atoms with Gasteiger partial charge in [0.05, 0.1) is 11.7 Å². The van der Waals surface area contributed by atoms with Gasteiger partial charge in [0.15, 0.2) is 0 Å². The van der Waals surface area contributed by atoms with E-state index in [4.69, 9.17) is 5.73 Å². The van der Waals surface area contributed by atoms with E-state index in [2.05, 4.69) is 10.0 Å². The molecule has 30 heavy (non-hydrogen) atoms. The Balaban J connectivity index is 1.81. The number of nitrogens with zero attached hydrogens (tertiary/aromatic N) is 1. The first kappa shape index (κ1) is 22.3. The first-order chi connectivity index (χ1) is 14.1. The second kappa shape index (κ2) is 8.75. The van der Waals surface area contributed by atoms with Crippen LogP contribution in [0.15, 0.2) is 48.5 Å². The second-order valence-electron chi connectivity index (χ2n) is 8.62. The number of amides is 1. The van der Waals surface area contributed by atoms with E-state index in [1.807, 2.05) is 30.3 Å². The molecule has 7 nitrogen and oxygen atoms in total. The summed E-state index contributed by atoms with van der Waals surface area (Å²) in [5.74, 6) is -0.292. The Kier molecular flexibility index (Phi) is 6.50. The Labute approximate surface area is 178 Å². The van der Waals surface area contributed by atoms with Crippen molar-refractivity contribution in [2.24, 2.45) is 5.73 Å². The van der Waals surface area contributed by atoms with Crippen molar-refractivity contribution < 1.29 is 13.2 Å². The summed E-state index contributed by atoms with van der Waals surface area (Å²) in [7, 11) is -3.71. The first-order valence-electron chi connectivity index (χ1n) is 10.1. The fourth-order valence-electron chi connectivity index (χ4n) is 3.59. The molecule has 1 atom stereocenters. The molecule has 8 heteroatoms. The SMILES string of the molecule is CC(C)(C)NS(=O)(=O)N1CCCc2c(NC(=O)[C@@H](N)Cc3ccccc3)cccc21. The lowest BCUT2D eigenvalue weighted by atomic mass is 10.0. The van der Waals surface area contributed by atoms with E-state index in [0.717, 1.165) is 11.1 Å². The molecule has 0 radical (unpaired) electrons. The van der Waals surface area contributed by atoms with Crippen molar-refractivity contribution in [2.75, 3.05) is 16.2 Å². The molecule has 1 heterocycles. The third-order valence-electron chi connectivity index (χ3n) is 4.83. The van der Waals surface area contributed by atoms with Crippen LogP contribution in [-0.4, -0.2) is 32.5 Å². The third-order valence-corrected chi connectivity index (χ3v) is 6.66. The molecular weight excluding hydrogens is 400 g/mol. The minimum atomic E-state index is -3.71. The standard InChI is InChI=1S/C22H30N4O3S/c1-22(2,3)25-30(28,29)26-14-8-11-17-19(12-7-13-20(17)26)24-21(27)18(23)15-16-9-5-4-6-10-16/h4-7,9-10,12-13,18,25H,8,11,14-15,23H2,1-3H3,(H,24,27)/t18-/m0/s1. The summed E-state index contributed by atoms with van der Waals surface area (Å²) < 4.78 is 29.9. The summed E-state index contributed by atoms with van der Waals surface area (Å²) in [4.78, 5) is 12.7. The predicted molar refractivity (Wildman–Crippen MR) is 121 cm³/mol. The summed E-state index contributed by atoms with van der Waals surface area (Å²) in [5.41, 5.74) is 8.51. The zero-order chi connectivity index (χ0) is 21.9. The molecule has 1 aliphatic rings. The smallest absolute Gasteiger partial charge is 0.302 e. The molecule has 0 spiro atoms. The van der Waals surface area contributed by atoms with Crippen LogP contribution in [0.3, 0.4) is 0 Å². The molecule has 0 aliphatic carbocycles. The van der Waals surface area contributed by atoms with Crippen LogP contribution in [-0.2, 0) is 27.8 Å². The van der Waals surface area contributed by atoms with Gasteiger partial charge < -0.3 is 11.1 Å². The van der Waals surface area contributed by atoms with Crippen molar-refractivity contribution in [1.29, 1.82) is 0 Å². The van der Waals surface area contributed by atoms with E-state index in [-0.39, 0.29) is 5.91 Å². The van der Waals surface area contributed by atoms with Crippen LogP contribution >= 0.6 is 0 Å². The summed E-state index contributed by atoms with van der Waals surface area (Å²) >= 11 is 0. The molecular formula is C22H30N4O3S. The maximum Gasteiger partial charge on any atom is 0.302 e. The number of nitrogens with one attached hydrogen (secondary N) is 2. The highest BCUT2D eigenvalue weighted by Crippen LogP contribution is 2.34. The van der Waals surface area contributed by atoms with Gasteiger partial charge in [-0.05, 0) is 57.7 Å². The molecule has 2 aromatic carbocycles. The van der Waals surface area contributed by atoms with Gasteiger partial charge in [-0.25, -0.2) is 0 Å². The molecule has 0 aromatic heterocycles. The van der Waals surface area contributed by atoms with E-state index in [1.165, 1.54) is 4.31 Å². The van der Waals surface area contributed by atoms with Crippen LogP contribution in [0.1, 0.15) is 38.3 Å². The third kappa shape index (κ3) is 5.38. The van der Waals surface area contributed by atoms with Crippen molar-refractivity contribution in [3.8, 4) is 0 Å². The number of benzene rings is 2. The fourth-order valence-corrected chi connectivity index (χ4v) is 5.27. The average molecular weight is 431 g/mol. The molecule has 0 fully saturated rings. The van der Waals surface area contributed by atoms with Gasteiger partial charge in [0, 0.05) is 23.3 Å². The molecule has 3 rings (SSSR count). The lowest BCUT2D eigenvalue weighted by molar-refractivity contribution is -0.117. The number of hydrogen-bond acceptors (Lipinski definition) is 4. The monoisotopic (exact) mass is 430 g/mol. The van der Waals surface area contributed by atoms with E-state index in [9.17, 15) is 13.2 Å². The molecule has 1 aliphatic heterocycles. The quantitative estimate of drug-likeness (QED) is 0.655. The fraction of sp³-hybridized carbons (Fsp3) is 0.409. The van der Waals surface area contributed by atoms with Crippen molar-refractivity contribution in [1.82, 2.24) is 4.72 Å². The molecule has 2 aromatic rings. The number of hydrogen-bond donors (Lipinski definition) is 3. The number of carbonyl (C=O) groups is 1. The van der Waals surface area contributed by atoms with Crippen molar-refractivity contribution >= 4 is 27.5 Å². The van der Waals surface area contributed by atoms with E-state index in [1.54, 1.807) is 39.0 Å². The second-order valence-corrected chi connectivity index (χ2v) is 10.2. The van der Waals surface area contributed by atoms with Crippen LogP contribution in [0.25, 0.3) is 0 Å². The molecule has 0 unspecified atom stereocenters. The van der Waals surface area contributed by atoms with Crippen LogP contribution in [0.4, 0.5) is 11.4 Å². The number of fused-ring (bicyclic) bond motifs is 1. The minimum absolute atomic E-state index is 0.292. The summed E-state index contributed by atoms with van der Waals surface area (Å²) in [6.45, 7) is 5.81. The Morgan fingerprint density at radius 3 is 2.50 bits per heavy atom. The van der Waals surface area contributed by atoms with E-state index < -0.39 is 21.8 Å². The Bertz CT molecular complexity index is 1000. The van der Waals surface area contributed by atoms with Gasteiger partial charge in [-0.3, -0.25) is 9.10 Å². The summed E-state index contributed by atoms with van der Waals surface area (Å²) in [6, 6.07) is 14.2. The average Bonchev–Trinajstić information content (AvgIpc) is 2.66. The molecule has 0 saturated heterocycles. The topological polar surface area (TPSA) is 105 Å². The van der Waals surface area contributed by atoms with E-state index in [0.29, 0.717) is 37.2 Å². The number of nitrogens with two attached hydrogens (primary N) is 1. The first-order valence-corrected chi connectivity index (χ1v) is 11.5. The molecule has 162 valence electrons. The van der Waals surface area contributed by atoms with Crippen molar-refractivity contribution in [3.63, 3.8) is 0 Å². The Morgan fingerprint density at radius 2 is 1.83 bits per heavy atom. The van der Waals surface area contributed by atoms with Gasteiger partial charge in [0.1, 0.15) is 0 Å². The highest BCUT2D eigenvalue weighted by molar-refractivity contribution is 7.90. The lowest BCUT2D eigenvalue weighted by Crippen LogP contribution is -2.50. The Morgan fingerprint density at radius 1 is 1.13 bits per heavy atom. The van der Waals surface area contributed by atoms with Gasteiger partial charge >= 0.3 is 10.2 Å². The van der Waals surface area contributed by atoms with Crippen LogP contribution in [0.2, 0.25) is 0 Å². The van der Waals surface area contributed by atoms with Crippen LogP contribution < -0.4 is 20.1 Å². The lowest BCUT2D eigenvalue weighted by Gasteiger charge is -2.34. The van der Waals surface area contributed by atoms with Crippen molar-refractivity contribution in [3.05, 3.63) is 59.7 Å². The summed E-state index contributed by atoms with van der Waals surface area (Å²) in [6.07, 6.45) is 1.78. The van der Waals surface area contributed by atoms with Crippen LogP contribution in [0.5, 0.6) is 0 Å². The normalized spacial score (nSPS) is 15.4. The predicted octanol–water partition coefficient (Wildman–Crippen LogP) is 2.58. The van der Waals surface area contributed by atoms with Gasteiger partial charge in [-0.2, -0.15) is 13.1 Å². The van der Waals surface area contributed by atoms with Gasteiger partial charge in [-0.15, -0.1) is 0 Å². The number of anilines is 2. The van der Waals surface area contributed by atoms with Crippen LogP contribution in [0, 0.1) is 0 Å². The maximum atomic E-state index is 12.9. The highest BCUT2D eigenvalue weighted by Gasteiger charge is 2.31.